The second-order valence-corrected chi connectivity index (χ2v) is 1.87. The van der Waals surface area contributed by atoms with Crippen LogP contribution in [0.1, 0.15) is 13.8 Å². The molecule has 0 bridgehead atoms. The second-order valence-electron chi connectivity index (χ2n) is 1.87. The van der Waals surface area contributed by atoms with Gasteiger partial charge in [-0.15, -0.1) is 0 Å². The fourth-order valence-corrected chi connectivity index (χ4v) is 0.425. The van der Waals surface area contributed by atoms with Crippen molar-refractivity contribution in [1.29, 1.82) is 0 Å². The van der Waals surface area contributed by atoms with Crippen molar-refractivity contribution < 1.29 is 4.74 Å². The van der Waals surface area contributed by atoms with Crippen molar-refractivity contribution in [1.82, 2.24) is 0 Å². The summed E-state index contributed by atoms with van der Waals surface area (Å²) < 4.78 is 4.96. The lowest BCUT2D eigenvalue weighted by molar-refractivity contribution is 0.229. The fraction of sp³-hybridized carbons (Fsp3) is 0.375. The van der Waals surface area contributed by atoms with Crippen LogP contribution >= 0.6 is 0 Å². The van der Waals surface area contributed by atoms with E-state index in [1.54, 1.807) is 6.08 Å². The molecular formula is C8H12BNO. The third kappa shape index (κ3) is 5.46. The van der Waals surface area contributed by atoms with Crippen LogP contribution in [-0.2, 0) is 4.74 Å². The number of nitrogens with zero attached hydrogens (tertiary/aromatic N) is 1. The minimum Gasteiger partial charge on any atom is -0.478 e. The molecule has 2 radical (unpaired) electrons. The van der Waals surface area contributed by atoms with Crippen molar-refractivity contribution in [3.8, 4) is 0 Å². The highest BCUT2D eigenvalue weighted by Crippen LogP contribution is 1.94. The highest BCUT2D eigenvalue weighted by molar-refractivity contribution is 6.32. The Labute approximate surface area is 69.1 Å². The molecule has 0 aromatic heterocycles. The standard InChI is InChI=1S/C8H12BNO/c1-4-8(9)6-10-7(3)11-5-2/h4,6H,3,5H2,1-2H3/b8-4+,10-6?. The number of ether oxygens (including phenoxy) is 1. The van der Waals surface area contributed by atoms with Crippen molar-refractivity contribution in [2.24, 2.45) is 4.99 Å². The summed E-state index contributed by atoms with van der Waals surface area (Å²) in [6, 6.07) is 0. The van der Waals surface area contributed by atoms with E-state index in [1.807, 2.05) is 13.8 Å². The first-order chi connectivity index (χ1) is 5.20. The average molecular weight is 149 g/mol. The molecule has 0 aromatic carbocycles. The Morgan fingerprint density at radius 1 is 1.73 bits per heavy atom. The van der Waals surface area contributed by atoms with Gasteiger partial charge in [-0.25, -0.2) is 4.99 Å². The summed E-state index contributed by atoms with van der Waals surface area (Å²) >= 11 is 0. The molecule has 0 aliphatic heterocycles. The lowest BCUT2D eigenvalue weighted by Crippen LogP contribution is -1.88. The molecule has 0 atom stereocenters. The molecule has 0 aliphatic rings. The Morgan fingerprint density at radius 3 is 2.82 bits per heavy atom. The molecule has 0 saturated carbocycles. The van der Waals surface area contributed by atoms with Gasteiger partial charge in [-0.1, -0.05) is 11.5 Å². The number of hydrogen-bond donors (Lipinski definition) is 0. The van der Waals surface area contributed by atoms with Gasteiger partial charge in [0.15, 0.2) is 0 Å². The minimum absolute atomic E-state index is 0.386. The van der Waals surface area contributed by atoms with Crippen LogP contribution in [0.25, 0.3) is 0 Å². The van der Waals surface area contributed by atoms with Crippen LogP contribution in [0.3, 0.4) is 0 Å². The van der Waals surface area contributed by atoms with E-state index in [-0.39, 0.29) is 0 Å². The zero-order valence-corrected chi connectivity index (χ0v) is 7.00. The second kappa shape index (κ2) is 5.77. The van der Waals surface area contributed by atoms with Gasteiger partial charge in [0, 0.05) is 6.21 Å². The molecule has 0 heterocycles. The maximum absolute atomic E-state index is 5.43. The molecule has 3 heteroatoms. The lowest BCUT2D eigenvalue weighted by Gasteiger charge is -1.98. The summed E-state index contributed by atoms with van der Waals surface area (Å²) in [5.41, 5.74) is 0.603. The Morgan fingerprint density at radius 2 is 2.36 bits per heavy atom. The van der Waals surface area contributed by atoms with Gasteiger partial charge in [0.25, 0.3) is 0 Å². The van der Waals surface area contributed by atoms with E-state index in [0.717, 1.165) is 0 Å². The summed E-state index contributed by atoms with van der Waals surface area (Å²) in [5, 5.41) is 0. The molecule has 0 spiro atoms. The number of rotatable bonds is 4. The van der Waals surface area contributed by atoms with Crippen molar-refractivity contribution >= 4 is 14.1 Å². The average Bonchev–Trinajstić information content (AvgIpc) is 2.01. The van der Waals surface area contributed by atoms with Crippen LogP contribution in [0.15, 0.2) is 29.0 Å². The molecule has 58 valence electrons. The van der Waals surface area contributed by atoms with Crippen molar-refractivity contribution in [2.45, 2.75) is 13.8 Å². The fourth-order valence-electron chi connectivity index (χ4n) is 0.425. The van der Waals surface area contributed by atoms with E-state index in [9.17, 15) is 0 Å². The largest absolute Gasteiger partial charge is 0.478 e. The van der Waals surface area contributed by atoms with E-state index < -0.39 is 0 Å². The molecule has 11 heavy (non-hydrogen) atoms. The van der Waals surface area contributed by atoms with Crippen LogP contribution < -0.4 is 0 Å². The van der Waals surface area contributed by atoms with Crippen molar-refractivity contribution in [3.63, 3.8) is 0 Å². The van der Waals surface area contributed by atoms with Gasteiger partial charge in [-0.3, -0.25) is 0 Å². The van der Waals surface area contributed by atoms with Gasteiger partial charge in [-0.2, -0.15) is 0 Å². The van der Waals surface area contributed by atoms with Gasteiger partial charge in [0.2, 0.25) is 5.88 Å². The van der Waals surface area contributed by atoms with E-state index in [4.69, 9.17) is 12.6 Å². The van der Waals surface area contributed by atoms with Gasteiger partial charge in [0.05, 0.1) is 6.61 Å². The Kier molecular flexibility index (Phi) is 5.26. The zero-order valence-electron chi connectivity index (χ0n) is 7.00. The first-order valence-electron chi connectivity index (χ1n) is 3.48. The molecular weight excluding hydrogens is 137 g/mol. The number of hydrogen-bond acceptors (Lipinski definition) is 2. The van der Waals surface area contributed by atoms with Gasteiger partial charge in [0.1, 0.15) is 7.85 Å². The van der Waals surface area contributed by atoms with E-state index in [1.165, 1.54) is 6.21 Å². The smallest absolute Gasteiger partial charge is 0.205 e. The molecule has 0 aliphatic carbocycles. The van der Waals surface area contributed by atoms with Crippen LogP contribution in [0.2, 0.25) is 0 Å². The predicted molar refractivity (Wildman–Crippen MR) is 48.8 cm³/mol. The first kappa shape index (κ1) is 10.0. The van der Waals surface area contributed by atoms with Gasteiger partial charge < -0.3 is 4.74 Å². The maximum atomic E-state index is 5.43. The number of allylic oxidation sites excluding steroid dienone is 2. The third-order valence-electron chi connectivity index (χ3n) is 1.00. The van der Waals surface area contributed by atoms with Crippen LogP contribution in [-0.4, -0.2) is 20.7 Å². The van der Waals surface area contributed by atoms with E-state index in [0.29, 0.717) is 18.0 Å². The summed E-state index contributed by atoms with van der Waals surface area (Å²) in [6.07, 6.45) is 3.26. The van der Waals surface area contributed by atoms with E-state index in [2.05, 4.69) is 11.6 Å². The molecule has 0 N–H and O–H groups in total. The van der Waals surface area contributed by atoms with Crippen LogP contribution in [0.4, 0.5) is 0 Å². The molecule has 0 fully saturated rings. The highest BCUT2D eigenvalue weighted by atomic mass is 16.5. The van der Waals surface area contributed by atoms with E-state index >= 15 is 0 Å². The van der Waals surface area contributed by atoms with Crippen LogP contribution in [0.5, 0.6) is 0 Å². The Hall–Kier alpha value is -0.985. The predicted octanol–water partition coefficient (Wildman–Crippen LogP) is 1.64. The summed E-state index contributed by atoms with van der Waals surface area (Å²) in [6.45, 7) is 7.84. The molecule has 0 unspecified atom stereocenters. The lowest BCUT2D eigenvalue weighted by atomic mass is 9.97. The highest BCUT2D eigenvalue weighted by Gasteiger charge is 1.84. The Bertz CT molecular complexity index is 185. The van der Waals surface area contributed by atoms with Crippen LogP contribution in [0, 0.1) is 0 Å². The van der Waals surface area contributed by atoms with Gasteiger partial charge in [-0.05, 0) is 20.4 Å². The minimum atomic E-state index is 0.386. The van der Waals surface area contributed by atoms with Gasteiger partial charge >= 0.3 is 0 Å². The number of aliphatic imine (C=N–C) groups is 1. The molecule has 0 amide bonds. The van der Waals surface area contributed by atoms with Crippen molar-refractivity contribution in [3.05, 3.63) is 24.0 Å². The monoisotopic (exact) mass is 149 g/mol. The molecule has 2 nitrogen and oxygen atoms in total. The summed E-state index contributed by atoms with van der Waals surface area (Å²) in [4.78, 5) is 3.85. The topological polar surface area (TPSA) is 21.6 Å². The Balaban J connectivity index is 3.83. The summed E-state index contributed by atoms with van der Waals surface area (Å²) in [5.74, 6) is 0.386. The normalized spacial score (nSPS) is 12.0. The molecule has 0 rings (SSSR count). The third-order valence-corrected chi connectivity index (χ3v) is 1.00. The summed E-state index contributed by atoms with van der Waals surface area (Å²) in [7, 11) is 5.43. The molecule has 0 aromatic rings. The molecule has 0 saturated heterocycles. The SMILES string of the molecule is [B]/C(C=NC(=C)OCC)=C/C. The van der Waals surface area contributed by atoms with Crippen molar-refractivity contribution in [2.75, 3.05) is 6.61 Å². The zero-order chi connectivity index (χ0) is 8.69. The quantitative estimate of drug-likeness (QED) is 0.338. The first-order valence-corrected chi connectivity index (χ1v) is 3.48. The maximum Gasteiger partial charge on any atom is 0.205 e.